The number of methoxy groups -OCH3 is 1. The van der Waals surface area contributed by atoms with Crippen LogP contribution in [-0.4, -0.2) is 30.8 Å². The van der Waals surface area contributed by atoms with E-state index in [0.717, 1.165) is 5.69 Å². The van der Waals surface area contributed by atoms with E-state index in [1.165, 1.54) is 13.2 Å². The fraction of sp³-hybridized carbons (Fsp3) is 0.538. The smallest absolute Gasteiger partial charge is 0.311 e. The number of nitro benzene ring substituents is 1. The summed E-state index contributed by atoms with van der Waals surface area (Å²) in [6, 6.07) is 4.69. The van der Waals surface area contributed by atoms with E-state index >= 15 is 0 Å². The molecule has 0 atom stereocenters. The van der Waals surface area contributed by atoms with Gasteiger partial charge in [0.05, 0.1) is 17.6 Å². The summed E-state index contributed by atoms with van der Waals surface area (Å²) in [5.41, 5.74) is 0.413. The summed E-state index contributed by atoms with van der Waals surface area (Å²) in [4.78, 5) is 10.3. The highest BCUT2D eigenvalue weighted by atomic mass is 16.6. The Morgan fingerprint density at radius 3 is 2.63 bits per heavy atom. The summed E-state index contributed by atoms with van der Waals surface area (Å²) in [6.07, 6.45) is 0. The topological polar surface area (TPSA) is 73.6 Å². The Balaban J connectivity index is 2.78. The average Bonchev–Trinajstić information content (AvgIpc) is 2.35. The van der Waals surface area contributed by atoms with E-state index < -0.39 is 4.92 Å². The third-order valence-electron chi connectivity index (χ3n) is 2.63. The summed E-state index contributed by atoms with van der Waals surface area (Å²) < 4.78 is 10.6. The van der Waals surface area contributed by atoms with Gasteiger partial charge in [0.1, 0.15) is 0 Å². The molecule has 0 saturated heterocycles. The SMILES string of the molecule is CCOC(C)(C)CNc1ccc([N+](=O)[O-])c(OC)c1. The van der Waals surface area contributed by atoms with Crippen LogP contribution < -0.4 is 10.1 Å². The van der Waals surface area contributed by atoms with E-state index in [1.54, 1.807) is 12.1 Å². The maximum Gasteiger partial charge on any atom is 0.311 e. The molecule has 6 nitrogen and oxygen atoms in total. The van der Waals surface area contributed by atoms with Gasteiger partial charge in [-0.2, -0.15) is 0 Å². The summed E-state index contributed by atoms with van der Waals surface area (Å²) in [6.45, 7) is 7.13. The van der Waals surface area contributed by atoms with Gasteiger partial charge in [-0.05, 0) is 26.8 Å². The zero-order valence-electron chi connectivity index (χ0n) is 11.7. The van der Waals surface area contributed by atoms with Gasteiger partial charge in [-0.15, -0.1) is 0 Å². The molecule has 0 unspecified atom stereocenters. The van der Waals surface area contributed by atoms with Crippen LogP contribution in [0.5, 0.6) is 5.75 Å². The van der Waals surface area contributed by atoms with Crippen molar-refractivity contribution in [1.29, 1.82) is 0 Å². The van der Waals surface area contributed by atoms with Gasteiger partial charge < -0.3 is 14.8 Å². The third-order valence-corrected chi connectivity index (χ3v) is 2.63. The van der Waals surface area contributed by atoms with Gasteiger partial charge in [0, 0.05) is 31.0 Å². The largest absolute Gasteiger partial charge is 0.490 e. The van der Waals surface area contributed by atoms with Crippen LogP contribution in [0.15, 0.2) is 18.2 Å². The maximum atomic E-state index is 10.8. The molecule has 0 spiro atoms. The fourth-order valence-corrected chi connectivity index (χ4v) is 1.70. The van der Waals surface area contributed by atoms with Gasteiger partial charge in [-0.1, -0.05) is 0 Å². The average molecular weight is 268 g/mol. The standard InChI is InChI=1S/C13H20N2O4/c1-5-19-13(2,3)9-14-10-6-7-11(15(16)17)12(8-10)18-4/h6-8,14H,5,9H2,1-4H3. The van der Waals surface area contributed by atoms with Crippen molar-refractivity contribution >= 4 is 11.4 Å². The molecule has 1 N–H and O–H groups in total. The second-order valence-corrected chi connectivity index (χ2v) is 4.69. The van der Waals surface area contributed by atoms with Crippen LogP contribution in [-0.2, 0) is 4.74 Å². The summed E-state index contributed by atoms with van der Waals surface area (Å²) in [7, 11) is 1.41. The van der Waals surface area contributed by atoms with E-state index in [2.05, 4.69) is 5.32 Å². The molecule has 0 amide bonds. The van der Waals surface area contributed by atoms with Crippen LogP contribution in [0.3, 0.4) is 0 Å². The summed E-state index contributed by atoms with van der Waals surface area (Å²) in [5.74, 6) is 0.240. The Kier molecular flexibility index (Phi) is 5.11. The van der Waals surface area contributed by atoms with Crippen molar-refractivity contribution in [2.24, 2.45) is 0 Å². The van der Waals surface area contributed by atoms with Crippen molar-refractivity contribution in [3.63, 3.8) is 0 Å². The molecule has 0 radical (unpaired) electrons. The number of nitrogens with zero attached hydrogens (tertiary/aromatic N) is 1. The molecule has 1 aromatic rings. The summed E-state index contributed by atoms with van der Waals surface area (Å²) in [5, 5.41) is 14.0. The lowest BCUT2D eigenvalue weighted by Crippen LogP contribution is -2.33. The van der Waals surface area contributed by atoms with Crippen molar-refractivity contribution in [3.8, 4) is 5.75 Å². The van der Waals surface area contributed by atoms with Crippen LogP contribution in [0, 0.1) is 10.1 Å². The highest BCUT2D eigenvalue weighted by Crippen LogP contribution is 2.29. The molecule has 0 aromatic heterocycles. The van der Waals surface area contributed by atoms with Gasteiger partial charge in [0.25, 0.3) is 0 Å². The van der Waals surface area contributed by atoms with Gasteiger partial charge in [0.15, 0.2) is 5.75 Å². The first-order valence-corrected chi connectivity index (χ1v) is 6.10. The Bertz CT molecular complexity index is 446. The molecule has 0 heterocycles. The molecule has 1 aromatic carbocycles. The Hall–Kier alpha value is -1.82. The molecule has 0 bridgehead atoms. The van der Waals surface area contributed by atoms with E-state index in [9.17, 15) is 10.1 Å². The van der Waals surface area contributed by atoms with Crippen LogP contribution in [0.4, 0.5) is 11.4 Å². The second kappa shape index (κ2) is 6.38. The number of benzene rings is 1. The second-order valence-electron chi connectivity index (χ2n) is 4.69. The molecule has 0 aliphatic heterocycles. The van der Waals surface area contributed by atoms with E-state index in [4.69, 9.17) is 9.47 Å². The predicted molar refractivity (Wildman–Crippen MR) is 73.8 cm³/mol. The Labute approximate surface area is 112 Å². The fourth-order valence-electron chi connectivity index (χ4n) is 1.70. The first-order valence-electron chi connectivity index (χ1n) is 6.10. The first-order chi connectivity index (χ1) is 8.89. The molecule has 0 aliphatic rings. The molecule has 0 saturated carbocycles. The lowest BCUT2D eigenvalue weighted by Gasteiger charge is -2.25. The molecular weight excluding hydrogens is 248 g/mol. The van der Waals surface area contributed by atoms with Crippen LogP contribution >= 0.6 is 0 Å². The molecule has 19 heavy (non-hydrogen) atoms. The van der Waals surface area contributed by atoms with E-state index in [0.29, 0.717) is 13.2 Å². The zero-order chi connectivity index (χ0) is 14.5. The van der Waals surface area contributed by atoms with Crippen molar-refractivity contribution < 1.29 is 14.4 Å². The Morgan fingerprint density at radius 1 is 1.42 bits per heavy atom. The van der Waals surface area contributed by atoms with Gasteiger partial charge >= 0.3 is 5.69 Å². The van der Waals surface area contributed by atoms with Crippen LogP contribution in [0.2, 0.25) is 0 Å². The minimum atomic E-state index is -0.466. The lowest BCUT2D eigenvalue weighted by molar-refractivity contribution is -0.385. The highest BCUT2D eigenvalue weighted by molar-refractivity contribution is 5.58. The maximum absolute atomic E-state index is 10.8. The Morgan fingerprint density at radius 2 is 2.11 bits per heavy atom. The molecule has 1 rings (SSSR count). The minimum absolute atomic E-state index is 0.0443. The van der Waals surface area contributed by atoms with Crippen molar-refractivity contribution in [2.75, 3.05) is 25.6 Å². The van der Waals surface area contributed by atoms with E-state index in [1.807, 2.05) is 20.8 Å². The molecule has 106 valence electrons. The predicted octanol–water partition coefficient (Wildman–Crippen LogP) is 2.83. The monoisotopic (exact) mass is 268 g/mol. The van der Waals surface area contributed by atoms with Crippen molar-refractivity contribution in [2.45, 2.75) is 26.4 Å². The number of nitro groups is 1. The number of hydrogen-bond acceptors (Lipinski definition) is 5. The number of hydrogen-bond donors (Lipinski definition) is 1. The number of rotatable bonds is 7. The normalized spacial score (nSPS) is 11.2. The molecule has 0 fully saturated rings. The molecule has 6 heteroatoms. The highest BCUT2D eigenvalue weighted by Gasteiger charge is 2.19. The first kappa shape index (κ1) is 15.2. The van der Waals surface area contributed by atoms with Gasteiger partial charge in [0.2, 0.25) is 0 Å². The zero-order valence-corrected chi connectivity index (χ0v) is 11.7. The number of ether oxygens (including phenoxy) is 2. The van der Waals surface area contributed by atoms with Gasteiger partial charge in [-0.25, -0.2) is 0 Å². The lowest BCUT2D eigenvalue weighted by atomic mass is 10.1. The van der Waals surface area contributed by atoms with Crippen LogP contribution in [0.25, 0.3) is 0 Å². The summed E-state index contributed by atoms with van der Waals surface area (Å²) >= 11 is 0. The van der Waals surface area contributed by atoms with Crippen LogP contribution in [0.1, 0.15) is 20.8 Å². The third kappa shape index (κ3) is 4.40. The number of anilines is 1. The number of nitrogens with one attached hydrogen (secondary N) is 1. The molecule has 0 aliphatic carbocycles. The molecular formula is C13H20N2O4. The minimum Gasteiger partial charge on any atom is -0.490 e. The van der Waals surface area contributed by atoms with E-state index in [-0.39, 0.29) is 17.0 Å². The quantitative estimate of drug-likeness (QED) is 0.608. The van der Waals surface area contributed by atoms with Crippen molar-refractivity contribution in [3.05, 3.63) is 28.3 Å². The van der Waals surface area contributed by atoms with Crippen molar-refractivity contribution in [1.82, 2.24) is 0 Å². The van der Waals surface area contributed by atoms with Gasteiger partial charge in [-0.3, -0.25) is 10.1 Å².